The first kappa shape index (κ1) is 27.6. The van der Waals surface area contributed by atoms with E-state index >= 15 is 0 Å². The summed E-state index contributed by atoms with van der Waals surface area (Å²) in [5.41, 5.74) is 1.33. The van der Waals surface area contributed by atoms with Gasteiger partial charge in [-0.05, 0) is 61.4 Å². The molecule has 0 fully saturated rings. The Morgan fingerprint density at radius 1 is 1.00 bits per heavy atom. The van der Waals surface area contributed by atoms with Crippen LogP contribution < -0.4 is 9.62 Å². The molecule has 0 radical (unpaired) electrons. The largest absolute Gasteiger partial charge is 0.352 e. The van der Waals surface area contributed by atoms with Crippen LogP contribution in [-0.2, 0) is 26.2 Å². The number of anilines is 1. The zero-order chi connectivity index (χ0) is 27.4. The lowest BCUT2D eigenvalue weighted by atomic mass is 10.1. The summed E-state index contributed by atoms with van der Waals surface area (Å²) in [4.78, 5) is 28.4. The minimum absolute atomic E-state index is 0.0379. The molecule has 2 unspecified atom stereocenters. The Morgan fingerprint density at radius 2 is 1.68 bits per heavy atom. The monoisotopic (exact) mass is 539 g/mol. The second-order valence-electron chi connectivity index (χ2n) is 9.70. The molecule has 9 heteroatoms. The van der Waals surface area contributed by atoms with Crippen molar-refractivity contribution in [1.82, 2.24) is 10.2 Å². The first-order valence-electron chi connectivity index (χ1n) is 13.1. The van der Waals surface area contributed by atoms with Crippen molar-refractivity contribution < 1.29 is 22.4 Å². The van der Waals surface area contributed by atoms with Crippen LogP contribution in [0.5, 0.6) is 0 Å². The Balaban J connectivity index is 1.52. The van der Waals surface area contributed by atoms with Gasteiger partial charge in [0, 0.05) is 30.9 Å². The molecule has 3 aromatic carbocycles. The fraction of sp³-hybridized carbons (Fsp3) is 0.379. The fourth-order valence-corrected chi connectivity index (χ4v) is 6.61. The summed E-state index contributed by atoms with van der Waals surface area (Å²) in [6.07, 6.45) is 1.51. The van der Waals surface area contributed by atoms with Crippen molar-refractivity contribution in [2.24, 2.45) is 0 Å². The average molecular weight is 540 g/mol. The van der Waals surface area contributed by atoms with Gasteiger partial charge in [-0.1, -0.05) is 50.2 Å². The third kappa shape index (κ3) is 5.53. The van der Waals surface area contributed by atoms with Gasteiger partial charge in [-0.15, -0.1) is 0 Å². The molecule has 4 rings (SSSR count). The zero-order valence-electron chi connectivity index (χ0n) is 22.0. The number of hydrogen-bond acceptors (Lipinski definition) is 4. The first-order chi connectivity index (χ1) is 18.2. The van der Waals surface area contributed by atoms with E-state index < -0.39 is 16.1 Å². The molecule has 1 aliphatic rings. The third-order valence-electron chi connectivity index (χ3n) is 7.09. The lowest BCUT2D eigenvalue weighted by Gasteiger charge is -2.31. The van der Waals surface area contributed by atoms with Gasteiger partial charge in [-0.2, -0.15) is 0 Å². The van der Waals surface area contributed by atoms with Crippen molar-refractivity contribution >= 4 is 38.3 Å². The normalized spacial score (nSPS) is 15.3. The molecule has 0 aromatic heterocycles. The van der Waals surface area contributed by atoms with Crippen LogP contribution in [0, 0.1) is 5.82 Å². The minimum atomic E-state index is -3.71. The van der Waals surface area contributed by atoms with Crippen molar-refractivity contribution in [3.05, 3.63) is 72.0 Å². The van der Waals surface area contributed by atoms with Crippen LogP contribution in [0.2, 0.25) is 0 Å². The van der Waals surface area contributed by atoms with Crippen molar-refractivity contribution in [2.45, 2.75) is 70.0 Å². The maximum atomic E-state index is 13.5. The number of amides is 2. The van der Waals surface area contributed by atoms with Gasteiger partial charge < -0.3 is 10.2 Å². The summed E-state index contributed by atoms with van der Waals surface area (Å²) in [6, 6.07) is 15.8. The number of sulfonamides is 1. The van der Waals surface area contributed by atoms with Gasteiger partial charge in [0.05, 0.1) is 10.6 Å². The Kier molecular flexibility index (Phi) is 8.35. The zero-order valence-corrected chi connectivity index (χ0v) is 22.8. The summed E-state index contributed by atoms with van der Waals surface area (Å²) in [6.45, 7) is 6.02. The molecule has 2 atom stereocenters. The summed E-state index contributed by atoms with van der Waals surface area (Å²) in [5, 5.41) is 4.52. The van der Waals surface area contributed by atoms with Crippen molar-refractivity contribution in [3.63, 3.8) is 0 Å². The molecular weight excluding hydrogens is 505 g/mol. The van der Waals surface area contributed by atoms with Crippen LogP contribution in [0.25, 0.3) is 10.8 Å². The predicted molar refractivity (Wildman–Crippen MR) is 147 cm³/mol. The number of halogens is 1. The molecule has 0 saturated heterocycles. The summed E-state index contributed by atoms with van der Waals surface area (Å²) >= 11 is 0. The van der Waals surface area contributed by atoms with E-state index in [0.29, 0.717) is 23.1 Å². The maximum Gasteiger partial charge on any atom is 0.265 e. The van der Waals surface area contributed by atoms with Crippen molar-refractivity contribution in [3.8, 4) is 0 Å². The predicted octanol–water partition coefficient (Wildman–Crippen LogP) is 4.99. The van der Waals surface area contributed by atoms with E-state index in [1.807, 2.05) is 39.0 Å². The molecule has 7 nitrogen and oxygen atoms in total. The number of carbonyl (C=O) groups is 2. The molecule has 1 heterocycles. The smallest absolute Gasteiger partial charge is 0.265 e. The van der Waals surface area contributed by atoms with Crippen molar-refractivity contribution in [2.75, 3.05) is 10.8 Å². The highest BCUT2D eigenvalue weighted by Gasteiger charge is 2.35. The molecule has 1 aliphatic heterocycles. The Bertz CT molecular complexity index is 1420. The van der Waals surface area contributed by atoms with Gasteiger partial charge in [0.25, 0.3) is 10.0 Å². The first-order valence-corrected chi connectivity index (χ1v) is 14.5. The minimum Gasteiger partial charge on any atom is -0.352 e. The van der Waals surface area contributed by atoms with Gasteiger partial charge in [0.2, 0.25) is 11.8 Å². The Morgan fingerprint density at radius 3 is 2.34 bits per heavy atom. The summed E-state index contributed by atoms with van der Waals surface area (Å²) < 4.78 is 41.4. The summed E-state index contributed by atoms with van der Waals surface area (Å²) in [7, 11) is -3.71. The van der Waals surface area contributed by atoms with Gasteiger partial charge in [0.15, 0.2) is 0 Å². The standard InChI is InChI=1S/C29H34FN3O4S/c1-4-20(3)31-29(35)24(5-2)32(19-21-14-16-23(30)17-15-21)27(34)13-8-18-33-25-11-6-9-22-10-7-12-26(28(22)25)38(33,36)37/h6-7,9-12,14-17,20,24H,4-5,8,13,18-19H2,1-3H3,(H,31,35). The molecular formula is C29H34FN3O4S. The van der Waals surface area contributed by atoms with Gasteiger partial charge >= 0.3 is 0 Å². The van der Waals surface area contributed by atoms with Crippen LogP contribution >= 0.6 is 0 Å². The quantitative estimate of drug-likeness (QED) is 0.372. The lowest BCUT2D eigenvalue weighted by molar-refractivity contribution is -0.141. The van der Waals surface area contributed by atoms with Crippen LogP contribution in [0.1, 0.15) is 52.0 Å². The maximum absolute atomic E-state index is 13.5. The van der Waals surface area contributed by atoms with E-state index in [1.54, 1.807) is 30.3 Å². The molecule has 0 aliphatic carbocycles. The highest BCUT2D eigenvalue weighted by Crippen LogP contribution is 2.42. The highest BCUT2D eigenvalue weighted by molar-refractivity contribution is 7.93. The molecule has 0 bridgehead atoms. The highest BCUT2D eigenvalue weighted by atomic mass is 32.2. The Labute approximate surface area is 223 Å². The van der Waals surface area contributed by atoms with Crippen molar-refractivity contribution in [1.29, 1.82) is 0 Å². The van der Waals surface area contributed by atoms with Crippen LogP contribution in [0.4, 0.5) is 10.1 Å². The SMILES string of the molecule is CCC(C)NC(=O)C(CC)N(Cc1ccc(F)cc1)C(=O)CCCN1c2cccc3cccc(c23)S1(=O)=O. The third-order valence-corrected chi connectivity index (χ3v) is 8.94. The van der Waals surface area contributed by atoms with E-state index in [4.69, 9.17) is 0 Å². The summed E-state index contributed by atoms with van der Waals surface area (Å²) in [5.74, 6) is -0.870. The number of rotatable bonds is 11. The van der Waals surface area contributed by atoms with Crippen LogP contribution in [0.3, 0.4) is 0 Å². The van der Waals surface area contributed by atoms with E-state index in [9.17, 15) is 22.4 Å². The van der Waals surface area contributed by atoms with Gasteiger partial charge in [-0.25, -0.2) is 12.8 Å². The number of nitrogens with one attached hydrogen (secondary N) is 1. The molecule has 0 saturated carbocycles. The van der Waals surface area contributed by atoms with E-state index in [2.05, 4.69) is 5.32 Å². The molecule has 38 heavy (non-hydrogen) atoms. The number of benzene rings is 3. The second-order valence-corrected chi connectivity index (χ2v) is 11.5. The lowest BCUT2D eigenvalue weighted by Crippen LogP contribution is -2.50. The number of carbonyl (C=O) groups excluding carboxylic acids is 2. The molecule has 0 spiro atoms. The fourth-order valence-electron chi connectivity index (χ4n) is 4.86. The molecule has 202 valence electrons. The molecule has 3 aromatic rings. The second kappa shape index (κ2) is 11.5. The van der Waals surface area contributed by atoms with Crippen LogP contribution in [0.15, 0.2) is 65.6 Å². The van der Waals surface area contributed by atoms with E-state index in [-0.39, 0.29) is 54.5 Å². The topological polar surface area (TPSA) is 86.8 Å². The van der Waals surface area contributed by atoms with E-state index in [1.165, 1.54) is 21.3 Å². The average Bonchev–Trinajstić information content (AvgIpc) is 3.12. The number of hydrogen-bond donors (Lipinski definition) is 1. The van der Waals surface area contributed by atoms with Gasteiger partial charge in [0.1, 0.15) is 11.9 Å². The van der Waals surface area contributed by atoms with Gasteiger partial charge in [-0.3, -0.25) is 13.9 Å². The van der Waals surface area contributed by atoms with E-state index in [0.717, 1.165) is 11.8 Å². The molecule has 1 N–H and O–H groups in total. The number of nitrogens with zero attached hydrogens (tertiary/aromatic N) is 2. The van der Waals surface area contributed by atoms with Crippen LogP contribution in [-0.4, -0.2) is 43.8 Å². The molecule has 2 amide bonds. The Hall–Kier alpha value is -3.46.